The number of allylic oxidation sites excluding steroid dienone is 4. The van der Waals surface area contributed by atoms with Gasteiger partial charge in [-0.1, -0.05) is 30.4 Å². The Morgan fingerprint density at radius 2 is 2.00 bits per heavy atom. The van der Waals surface area contributed by atoms with Crippen LogP contribution in [0.3, 0.4) is 0 Å². The second-order valence-electron chi connectivity index (χ2n) is 3.25. The van der Waals surface area contributed by atoms with Crippen LogP contribution < -0.4 is 0 Å². The van der Waals surface area contributed by atoms with Gasteiger partial charge in [0, 0.05) is 5.41 Å². The van der Waals surface area contributed by atoms with Crippen molar-refractivity contribution < 1.29 is 0 Å². The van der Waals surface area contributed by atoms with Gasteiger partial charge in [0.1, 0.15) is 0 Å². The summed E-state index contributed by atoms with van der Waals surface area (Å²) in [5.74, 6) is 0. The third-order valence-corrected chi connectivity index (χ3v) is 4.09. The Labute approximate surface area is 64.7 Å². The van der Waals surface area contributed by atoms with E-state index in [-0.39, 0.29) is 0 Å². The van der Waals surface area contributed by atoms with Crippen molar-refractivity contribution >= 4 is 11.8 Å². The molecular formula is C9H8S. The van der Waals surface area contributed by atoms with Gasteiger partial charge in [0.2, 0.25) is 0 Å². The largest absolute Gasteiger partial charge is 0.122 e. The molecule has 10 heavy (non-hydrogen) atoms. The van der Waals surface area contributed by atoms with Crippen LogP contribution in [0.25, 0.3) is 0 Å². The van der Waals surface area contributed by atoms with Crippen LogP contribution in [0.5, 0.6) is 0 Å². The van der Waals surface area contributed by atoms with Crippen molar-refractivity contribution in [2.75, 3.05) is 0 Å². The summed E-state index contributed by atoms with van der Waals surface area (Å²) in [5.41, 5.74) is 0.451. The van der Waals surface area contributed by atoms with Crippen molar-refractivity contribution in [3.63, 3.8) is 0 Å². The molecule has 0 amide bonds. The molecule has 1 fully saturated rings. The first kappa shape index (κ1) is 5.25. The minimum Gasteiger partial charge on any atom is -0.122 e. The van der Waals surface area contributed by atoms with Crippen LogP contribution in [0.1, 0.15) is 6.42 Å². The average Bonchev–Trinajstić information content (AvgIpc) is 2.47. The van der Waals surface area contributed by atoms with Gasteiger partial charge in [0.15, 0.2) is 0 Å². The molecule has 1 saturated carbocycles. The molecule has 50 valence electrons. The van der Waals surface area contributed by atoms with Gasteiger partial charge in [0.05, 0.1) is 4.75 Å². The molecule has 3 aliphatic rings. The smallest absolute Gasteiger partial charge is 0.0521 e. The first-order valence-corrected chi connectivity index (χ1v) is 4.48. The standard InChI is InChI=1S/C9H8S/c1-2-4-9-7-8(9,3-1)5-6-10-9/h1-6H,7H2. The summed E-state index contributed by atoms with van der Waals surface area (Å²) in [6, 6.07) is 0. The van der Waals surface area contributed by atoms with E-state index in [4.69, 9.17) is 0 Å². The van der Waals surface area contributed by atoms with Gasteiger partial charge in [0.25, 0.3) is 0 Å². The van der Waals surface area contributed by atoms with Crippen molar-refractivity contribution in [2.45, 2.75) is 11.2 Å². The lowest BCUT2D eigenvalue weighted by atomic mass is 10.00. The topological polar surface area (TPSA) is 0 Å². The lowest BCUT2D eigenvalue weighted by Crippen LogP contribution is -2.07. The Bertz CT molecular complexity index is 274. The summed E-state index contributed by atoms with van der Waals surface area (Å²) >= 11 is 1.97. The zero-order chi connectivity index (χ0) is 6.66. The van der Waals surface area contributed by atoms with Crippen LogP contribution in [0.4, 0.5) is 0 Å². The summed E-state index contributed by atoms with van der Waals surface area (Å²) in [6.07, 6.45) is 12.7. The first-order valence-electron chi connectivity index (χ1n) is 3.60. The van der Waals surface area contributed by atoms with E-state index in [1.54, 1.807) is 0 Å². The van der Waals surface area contributed by atoms with Crippen LogP contribution in [0.2, 0.25) is 0 Å². The zero-order valence-electron chi connectivity index (χ0n) is 5.58. The molecule has 0 saturated heterocycles. The molecule has 0 N–H and O–H groups in total. The van der Waals surface area contributed by atoms with Crippen LogP contribution >= 0.6 is 11.8 Å². The molecular weight excluding hydrogens is 140 g/mol. The summed E-state index contributed by atoms with van der Waals surface area (Å²) < 4.78 is 0.474. The maximum absolute atomic E-state index is 2.34. The van der Waals surface area contributed by atoms with E-state index in [0.29, 0.717) is 10.2 Å². The normalized spacial score (nSPS) is 52.8. The summed E-state index contributed by atoms with van der Waals surface area (Å²) in [5, 5.41) is 2.24. The molecule has 0 nitrogen and oxygen atoms in total. The lowest BCUT2D eigenvalue weighted by Gasteiger charge is -2.11. The highest BCUT2D eigenvalue weighted by molar-refractivity contribution is 8.04. The minimum absolute atomic E-state index is 0.451. The number of thioether (sulfide) groups is 1. The lowest BCUT2D eigenvalue weighted by molar-refractivity contribution is 0.821. The highest BCUT2D eigenvalue weighted by Gasteiger charge is 2.66. The Balaban J connectivity index is 2.20. The van der Waals surface area contributed by atoms with Gasteiger partial charge in [-0.15, -0.1) is 11.8 Å². The van der Waals surface area contributed by atoms with E-state index in [1.807, 2.05) is 11.8 Å². The molecule has 3 rings (SSSR count). The van der Waals surface area contributed by atoms with Crippen molar-refractivity contribution in [3.05, 3.63) is 35.8 Å². The molecule has 0 aromatic rings. The van der Waals surface area contributed by atoms with Crippen molar-refractivity contribution in [1.82, 2.24) is 0 Å². The van der Waals surface area contributed by atoms with E-state index in [2.05, 4.69) is 35.8 Å². The maximum atomic E-state index is 2.34. The van der Waals surface area contributed by atoms with Crippen LogP contribution in [0, 0.1) is 5.41 Å². The fraction of sp³-hybridized carbons (Fsp3) is 0.333. The number of hydrogen-bond acceptors (Lipinski definition) is 1. The second kappa shape index (κ2) is 1.28. The van der Waals surface area contributed by atoms with Crippen molar-refractivity contribution in [3.8, 4) is 0 Å². The van der Waals surface area contributed by atoms with Gasteiger partial charge in [-0.2, -0.15) is 0 Å². The molecule has 0 aromatic carbocycles. The van der Waals surface area contributed by atoms with Crippen LogP contribution in [-0.2, 0) is 0 Å². The fourth-order valence-corrected chi connectivity index (χ4v) is 3.35. The van der Waals surface area contributed by atoms with Crippen LogP contribution in [0.15, 0.2) is 35.8 Å². The third-order valence-electron chi connectivity index (χ3n) is 2.73. The average molecular weight is 148 g/mol. The first-order chi connectivity index (χ1) is 4.87. The highest BCUT2D eigenvalue weighted by Crippen LogP contribution is 2.72. The van der Waals surface area contributed by atoms with E-state index < -0.39 is 0 Å². The predicted octanol–water partition coefficient (Wildman–Crippen LogP) is 2.50. The highest BCUT2D eigenvalue weighted by atomic mass is 32.2. The Hall–Kier alpha value is -0.430. The van der Waals surface area contributed by atoms with Gasteiger partial charge in [-0.25, -0.2) is 0 Å². The summed E-state index contributed by atoms with van der Waals surface area (Å²) in [6.45, 7) is 0. The van der Waals surface area contributed by atoms with Crippen molar-refractivity contribution in [2.24, 2.45) is 5.41 Å². The molecule has 0 radical (unpaired) electrons. The summed E-state index contributed by atoms with van der Waals surface area (Å²) in [7, 11) is 0. The SMILES string of the molecule is C1=CC23C=CSC2(C=C1)C3. The van der Waals surface area contributed by atoms with Gasteiger partial charge in [-0.3, -0.25) is 0 Å². The zero-order valence-corrected chi connectivity index (χ0v) is 6.40. The van der Waals surface area contributed by atoms with E-state index in [0.717, 1.165) is 0 Å². The predicted molar refractivity (Wildman–Crippen MR) is 44.8 cm³/mol. The molecule has 1 heteroatoms. The molecule has 1 aliphatic heterocycles. The van der Waals surface area contributed by atoms with Gasteiger partial charge >= 0.3 is 0 Å². The molecule has 0 bridgehead atoms. The van der Waals surface area contributed by atoms with Crippen LogP contribution in [-0.4, -0.2) is 4.75 Å². The monoisotopic (exact) mass is 148 g/mol. The maximum Gasteiger partial charge on any atom is 0.0521 e. The third kappa shape index (κ3) is 0.374. The molecule has 0 aromatic heterocycles. The molecule has 0 spiro atoms. The molecule has 2 unspecified atom stereocenters. The Morgan fingerprint density at radius 1 is 1.10 bits per heavy atom. The Kier molecular flexibility index (Phi) is 0.673. The summed E-state index contributed by atoms with van der Waals surface area (Å²) in [4.78, 5) is 0. The quantitative estimate of drug-likeness (QED) is 0.508. The minimum atomic E-state index is 0.451. The molecule has 2 aliphatic carbocycles. The number of rotatable bonds is 0. The van der Waals surface area contributed by atoms with Gasteiger partial charge in [-0.05, 0) is 11.8 Å². The van der Waals surface area contributed by atoms with E-state index in [9.17, 15) is 0 Å². The number of hydrogen-bond donors (Lipinski definition) is 0. The molecule has 1 heterocycles. The Morgan fingerprint density at radius 3 is 2.90 bits per heavy atom. The van der Waals surface area contributed by atoms with Crippen molar-refractivity contribution in [1.29, 1.82) is 0 Å². The fourth-order valence-electron chi connectivity index (χ4n) is 1.97. The van der Waals surface area contributed by atoms with E-state index in [1.165, 1.54) is 6.42 Å². The van der Waals surface area contributed by atoms with Gasteiger partial charge < -0.3 is 0 Å². The van der Waals surface area contributed by atoms with E-state index >= 15 is 0 Å². The second-order valence-corrected chi connectivity index (χ2v) is 4.48. The molecule has 2 atom stereocenters.